The van der Waals surface area contributed by atoms with Gasteiger partial charge in [0.25, 0.3) is 0 Å². The van der Waals surface area contributed by atoms with Crippen LogP contribution in [-0.2, 0) is 9.63 Å². The summed E-state index contributed by atoms with van der Waals surface area (Å²) in [6, 6.07) is 17.1. The zero-order valence-corrected chi connectivity index (χ0v) is 13.3. The van der Waals surface area contributed by atoms with Crippen molar-refractivity contribution in [2.24, 2.45) is 10.9 Å². The molecule has 0 spiro atoms. The van der Waals surface area contributed by atoms with Gasteiger partial charge in [-0.15, -0.1) is 11.8 Å². The average molecular weight is 314 g/mol. The average Bonchev–Trinajstić information content (AvgIpc) is 2.55. The van der Waals surface area contributed by atoms with Crippen molar-refractivity contribution in [2.75, 3.05) is 0 Å². The molecule has 0 radical (unpaired) electrons. The molecule has 0 aliphatic carbocycles. The van der Waals surface area contributed by atoms with Crippen LogP contribution in [0.1, 0.15) is 18.1 Å². The highest BCUT2D eigenvalue weighted by atomic mass is 32.2. The number of rotatable bonds is 5. The van der Waals surface area contributed by atoms with Crippen molar-refractivity contribution < 1.29 is 9.63 Å². The highest BCUT2D eigenvalue weighted by molar-refractivity contribution is 8.00. The van der Waals surface area contributed by atoms with Gasteiger partial charge in [0.2, 0.25) is 0 Å². The van der Waals surface area contributed by atoms with Gasteiger partial charge in [-0.25, -0.2) is 4.79 Å². The fraction of sp³-hybridized carbons (Fsp3) is 0.176. The third-order valence-electron chi connectivity index (χ3n) is 2.97. The van der Waals surface area contributed by atoms with Gasteiger partial charge in [0, 0.05) is 10.5 Å². The molecule has 2 aromatic carbocycles. The van der Waals surface area contributed by atoms with E-state index in [9.17, 15) is 4.79 Å². The molecule has 22 heavy (non-hydrogen) atoms. The number of oxime groups is 1. The van der Waals surface area contributed by atoms with Crippen LogP contribution in [0, 0.1) is 6.92 Å². The smallest absolute Gasteiger partial charge is 0.348 e. The number of carbonyl (C=O) groups excluding carboxylic acids is 1. The number of carbonyl (C=O) groups is 1. The second kappa shape index (κ2) is 7.66. The van der Waals surface area contributed by atoms with E-state index in [4.69, 9.17) is 10.6 Å². The van der Waals surface area contributed by atoms with Crippen LogP contribution in [0.4, 0.5) is 0 Å². The quantitative estimate of drug-likeness (QED) is 0.302. The Morgan fingerprint density at radius 2 is 1.77 bits per heavy atom. The van der Waals surface area contributed by atoms with Crippen molar-refractivity contribution in [3.8, 4) is 0 Å². The third kappa shape index (κ3) is 4.63. The maximum absolute atomic E-state index is 11.9. The van der Waals surface area contributed by atoms with Crippen LogP contribution in [0.2, 0.25) is 0 Å². The van der Waals surface area contributed by atoms with E-state index in [2.05, 4.69) is 5.16 Å². The molecule has 2 rings (SSSR count). The van der Waals surface area contributed by atoms with Crippen molar-refractivity contribution >= 4 is 23.6 Å². The summed E-state index contributed by atoms with van der Waals surface area (Å²) in [6.07, 6.45) is 0. The molecule has 0 aliphatic heterocycles. The maximum atomic E-state index is 11.9. The number of nitrogens with zero attached hydrogens (tertiary/aromatic N) is 1. The number of hydrogen-bond acceptors (Lipinski definition) is 4. The minimum Gasteiger partial charge on any atom is -0.380 e. The first-order valence-electron chi connectivity index (χ1n) is 6.89. The third-order valence-corrected chi connectivity index (χ3v) is 4.06. The van der Waals surface area contributed by atoms with E-state index in [0.717, 1.165) is 4.90 Å². The molecular formula is C17H18N2O2S. The summed E-state index contributed by atoms with van der Waals surface area (Å²) in [6.45, 7) is 3.80. The van der Waals surface area contributed by atoms with Crippen molar-refractivity contribution in [3.05, 3.63) is 65.7 Å². The second-order valence-electron chi connectivity index (χ2n) is 4.83. The van der Waals surface area contributed by atoms with Crippen LogP contribution in [0.25, 0.3) is 0 Å². The molecule has 2 aromatic rings. The lowest BCUT2D eigenvalue weighted by atomic mass is 10.2. The largest absolute Gasteiger partial charge is 0.380 e. The van der Waals surface area contributed by atoms with Gasteiger partial charge in [-0.2, -0.15) is 0 Å². The first-order chi connectivity index (χ1) is 10.6. The van der Waals surface area contributed by atoms with Gasteiger partial charge in [0.15, 0.2) is 5.84 Å². The van der Waals surface area contributed by atoms with Gasteiger partial charge in [0.1, 0.15) is 5.25 Å². The molecule has 0 amide bonds. The number of amidine groups is 1. The Morgan fingerprint density at radius 1 is 1.14 bits per heavy atom. The Kier molecular flexibility index (Phi) is 5.61. The lowest BCUT2D eigenvalue weighted by molar-refractivity contribution is -0.142. The Balaban J connectivity index is 1.92. The van der Waals surface area contributed by atoms with E-state index < -0.39 is 5.97 Å². The molecule has 114 valence electrons. The molecule has 0 aromatic heterocycles. The molecule has 0 saturated carbocycles. The molecule has 2 N–H and O–H groups in total. The zero-order chi connectivity index (χ0) is 15.9. The summed E-state index contributed by atoms with van der Waals surface area (Å²) >= 11 is 1.42. The molecule has 0 saturated heterocycles. The summed E-state index contributed by atoms with van der Waals surface area (Å²) in [5, 5.41) is 3.34. The van der Waals surface area contributed by atoms with Crippen LogP contribution in [0.3, 0.4) is 0 Å². The minimum absolute atomic E-state index is 0.182. The van der Waals surface area contributed by atoms with E-state index in [1.165, 1.54) is 17.3 Å². The molecule has 0 fully saturated rings. The van der Waals surface area contributed by atoms with E-state index in [-0.39, 0.29) is 11.1 Å². The van der Waals surface area contributed by atoms with Crippen molar-refractivity contribution in [3.63, 3.8) is 0 Å². The Bertz CT molecular complexity index is 654. The fourth-order valence-corrected chi connectivity index (χ4v) is 2.54. The van der Waals surface area contributed by atoms with Gasteiger partial charge in [-0.3, -0.25) is 0 Å². The predicted octanol–water partition coefficient (Wildman–Crippen LogP) is 3.34. The van der Waals surface area contributed by atoms with Crippen LogP contribution in [0.15, 0.2) is 64.6 Å². The Hall–Kier alpha value is -2.27. The Labute approximate surface area is 134 Å². The predicted molar refractivity (Wildman–Crippen MR) is 89.8 cm³/mol. The lowest BCUT2D eigenvalue weighted by Crippen LogP contribution is -2.19. The van der Waals surface area contributed by atoms with E-state index in [0.29, 0.717) is 5.56 Å². The molecule has 4 nitrogen and oxygen atoms in total. The summed E-state index contributed by atoms with van der Waals surface area (Å²) in [5.41, 5.74) is 7.68. The zero-order valence-electron chi connectivity index (χ0n) is 12.5. The van der Waals surface area contributed by atoms with Gasteiger partial charge >= 0.3 is 5.97 Å². The van der Waals surface area contributed by atoms with Crippen molar-refractivity contribution in [1.29, 1.82) is 0 Å². The first kappa shape index (κ1) is 16.1. The van der Waals surface area contributed by atoms with Gasteiger partial charge < -0.3 is 10.6 Å². The van der Waals surface area contributed by atoms with Crippen molar-refractivity contribution in [2.45, 2.75) is 24.0 Å². The van der Waals surface area contributed by atoms with E-state index >= 15 is 0 Å². The van der Waals surface area contributed by atoms with Crippen LogP contribution < -0.4 is 5.73 Å². The van der Waals surface area contributed by atoms with Gasteiger partial charge in [0.05, 0.1) is 0 Å². The number of thioether (sulfide) groups is 1. The highest BCUT2D eigenvalue weighted by Gasteiger charge is 2.16. The summed E-state index contributed by atoms with van der Waals surface area (Å²) < 4.78 is 0. The standard InChI is InChI=1S/C17H18N2O2S/c1-12-8-10-15(11-9-12)22-13(2)17(20)21-19-16(18)14-6-4-3-5-7-14/h3-11,13H,1-2H3,(H2,18,19). The molecular weight excluding hydrogens is 296 g/mol. The van der Waals surface area contributed by atoms with Crippen LogP contribution in [-0.4, -0.2) is 17.1 Å². The minimum atomic E-state index is -0.426. The monoisotopic (exact) mass is 314 g/mol. The van der Waals surface area contributed by atoms with E-state index in [1.54, 1.807) is 19.1 Å². The number of aryl methyl sites for hydroxylation is 1. The lowest BCUT2D eigenvalue weighted by Gasteiger charge is -2.08. The summed E-state index contributed by atoms with van der Waals surface area (Å²) in [7, 11) is 0. The van der Waals surface area contributed by atoms with Gasteiger partial charge in [-0.1, -0.05) is 53.2 Å². The molecule has 1 atom stereocenters. The highest BCUT2D eigenvalue weighted by Crippen LogP contribution is 2.24. The molecule has 1 unspecified atom stereocenters. The molecule has 0 heterocycles. The Morgan fingerprint density at radius 3 is 2.41 bits per heavy atom. The number of benzene rings is 2. The molecule has 5 heteroatoms. The molecule has 0 aliphatic rings. The first-order valence-corrected chi connectivity index (χ1v) is 7.77. The van der Waals surface area contributed by atoms with Crippen molar-refractivity contribution in [1.82, 2.24) is 0 Å². The molecule has 0 bridgehead atoms. The SMILES string of the molecule is Cc1ccc(SC(C)C(=O)ON=C(N)c2ccccc2)cc1. The fourth-order valence-electron chi connectivity index (χ4n) is 1.70. The van der Waals surface area contributed by atoms with Crippen LogP contribution in [0.5, 0.6) is 0 Å². The van der Waals surface area contributed by atoms with Crippen LogP contribution >= 0.6 is 11.8 Å². The van der Waals surface area contributed by atoms with E-state index in [1.807, 2.05) is 49.4 Å². The van der Waals surface area contributed by atoms with Gasteiger partial charge in [-0.05, 0) is 26.0 Å². The second-order valence-corrected chi connectivity index (χ2v) is 6.24. The topological polar surface area (TPSA) is 64.7 Å². The summed E-state index contributed by atoms with van der Waals surface area (Å²) in [5.74, 6) is -0.244. The number of nitrogens with two attached hydrogens (primary N) is 1. The maximum Gasteiger partial charge on any atom is 0.348 e. The summed E-state index contributed by atoms with van der Waals surface area (Å²) in [4.78, 5) is 17.9. The normalized spacial score (nSPS) is 12.7. The number of hydrogen-bond donors (Lipinski definition) is 1.